The zero-order chi connectivity index (χ0) is 11.3. The van der Waals surface area contributed by atoms with Gasteiger partial charge in [0.25, 0.3) is 0 Å². The fraction of sp³-hybridized carbons (Fsp3) is 0.308. The highest BCUT2D eigenvalue weighted by Gasteiger charge is 2.23. The summed E-state index contributed by atoms with van der Waals surface area (Å²) in [5, 5.41) is 5.34. The van der Waals surface area contributed by atoms with Gasteiger partial charge in [-0.25, -0.2) is 4.39 Å². The molecule has 0 saturated carbocycles. The van der Waals surface area contributed by atoms with Crippen LogP contribution < -0.4 is 0 Å². The summed E-state index contributed by atoms with van der Waals surface area (Å²) in [6.07, 6.45) is 5.81. The van der Waals surface area contributed by atoms with Crippen LogP contribution in [0.3, 0.4) is 0 Å². The first kappa shape index (κ1) is 9.58. The fourth-order valence-corrected chi connectivity index (χ4v) is 2.58. The van der Waals surface area contributed by atoms with Crippen LogP contribution in [0, 0.1) is 5.82 Å². The van der Waals surface area contributed by atoms with Gasteiger partial charge in [-0.15, -0.1) is 0 Å². The van der Waals surface area contributed by atoms with Gasteiger partial charge in [-0.05, 0) is 36.5 Å². The minimum absolute atomic E-state index is 0.113. The Morgan fingerprint density at radius 1 is 1.44 bits per heavy atom. The van der Waals surface area contributed by atoms with Crippen molar-refractivity contribution in [1.29, 1.82) is 0 Å². The van der Waals surface area contributed by atoms with Gasteiger partial charge in [-0.3, -0.25) is 4.68 Å². The standard InChI is InChI=1S/C13H13FN2/c1-3-8-4-5-9-11(14)6-12-10(13(8)9)7-16(2)15-12/h3,6-7H,4-5H2,1-2H3/b8-3+. The third kappa shape index (κ3) is 1.14. The average Bonchev–Trinajstić information content (AvgIpc) is 2.80. The highest BCUT2D eigenvalue weighted by molar-refractivity contribution is 5.95. The first-order valence-corrected chi connectivity index (χ1v) is 5.51. The molecule has 1 heterocycles. The van der Waals surface area contributed by atoms with Gasteiger partial charge in [0.15, 0.2) is 0 Å². The molecule has 0 saturated heterocycles. The quantitative estimate of drug-likeness (QED) is 0.661. The average molecular weight is 216 g/mol. The van der Waals surface area contributed by atoms with E-state index in [1.54, 1.807) is 10.7 Å². The van der Waals surface area contributed by atoms with Crippen molar-refractivity contribution in [3.8, 4) is 0 Å². The van der Waals surface area contributed by atoms with Gasteiger partial charge in [0.1, 0.15) is 5.82 Å². The molecule has 1 aromatic heterocycles. The summed E-state index contributed by atoms with van der Waals surface area (Å²) >= 11 is 0. The van der Waals surface area contributed by atoms with Crippen molar-refractivity contribution in [1.82, 2.24) is 9.78 Å². The maximum Gasteiger partial charge on any atom is 0.129 e. The number of hydrogen-bond donors (Lipinski definition) is 0. The Morgan fingerprint density at radius 2 is 2.25 bits per heavy atom. The molecule has 1 aliphatic carbocycles. The van der Waals surface area contributed by atoms with E-state index < -0.39 is 0 Å². The second-order valence-electron chi connectivity index (χ2n) is 4.26. The maximum atomic E-state index is 13.9. The van der Waals surface area contributed by atoms with Crippen LogP contribution in [0.4, 0.5) is 4.39 Å². The molecular weight excluding hydrogens is 203 g/mol. The van der Waals surface area contributed by atoms with Gasteiger partial charge >= 0.3 is 0 Å². The number of hydrogen-bond acceptors (Lipinski definition) is 1. The number of halogens is 1. The van der Waals surface area contributed by atoms with E-state index in [1.807, 2.05) is 20.2 Å². The Bertz CT molecular complexity index is 608. The second-order valence-corrected chi connectivity index (χ2v) is 4.26. The lowest BCUT2D eigenvalue weighted by Gasteiger charge is -2.03. The molecule has 0 spiro atoms. The van der Waals surface area contributed by atoms with E-state index in [0.717, 1.165) is 34.9 Å². The number of aryl methyl sites for hydroxylation is 1. The molecule has 0 atom stereocenters. The molecule has 3 rings (SSSR count). The lowest BCUT2D eigenvalue weighted by Crippen LogP contribution is -1.89. The largest absolute Gasteiger partial charge is 0.275 e. The zero-order valence-corrected chi connectivity index (χ0v) is 9.42. The third-order valence-corrected chi connectivity index (χ3v) is 3.29. The van der Waals surface area contributed by atoms with E-state index in [-0.39, 0.29) is 5.82 Å². The zero-order valence-electron chi connectivity index (χ0n) is 9.42. The van der Waals surface area contributed by atoms with E-state index in [0.29, 0.717) is 0 Å². The molecule has 0 aliphatic heterocycles. The molecule has 0 radical (unpaired) electrons. The molecule has 1 aromatic carbocycles. The normalized spacial score (nSPS) is 17.3. The Morgan fingerprint density at radius 3 is 3.00 bits per heavy atom. The highest BCUT2D eigenvalue weighted by atomic mass is 19.1. The molecule has 0 bridgehead atoms. The van der Waals surface area contributed by atoms with Crippen molar-refractivity contribution in [2.24, 2.45) is 7.05 Å². The van der Waals surface area contributed by atoms with Gasteiger partial charge in [-0.1, -0.05) is 6.08 Å². The molecular formula is C13H13FN2. The summed E-state index contributed by atoms with van der Waals surface area (Å²) in [5.74, 6) is -0.113. The van der Waals surface area contributed by atoms with Crippen molar-refractivity contribution >= 4 is 16.5 Å². The smallest absolute Gasteiger partial charge is 0.129 e. The Kier molecular flexibility index (Phi) is 1.90. The molecule has 0 N–H and O–H groups in total. The minimum atomic E-state index is -0.113. The molecule has 2 nitrogen and oxygen atoms in total. The third-order valence-electron chi connectivity index (χ3n) is 3.29. The van der Waals surface area contributed by atoms with Crippen molar-refractivity contribution < 1.29 is 4.39 Å². The Hall–Kier alpha value is -1.64. The SMILES string of the molecule is C/C=C1\CCc2c(F)cc3nn(C)cc3c21. The van der Waals surface area contributed by atoms with E-state index in [4.69, 9.17) is 0 Å². The van der Waals surface area contributed by atoms with Crippen molar-refractivity contribution in [2.45, 2.75) is 19.8 Å². The van der Waals surface area contributed by atoms with Crippen molar-refractivity contribution in [2.75, 3.05) is 0 Å². The lowest BCUT2D eigenvalue weighted by atomic mass is 10.0. The van der Waals surface area contributed by atoms with Gasteiger partial charge in [0, 0.05) is 24.7 Å². The van der Waals surface area contributed by atoms with Crippen molar-refractivity contribution in [3.05, 3.63) is 35.3 Å². The molecule has 82 valence electrons. The molecule has 0 unspecified atom stereocenters. The van der Waals surface area contributed by atoms with Gasteiger partial charge in [0.05, 0.1) is 5.52 Å². The summed E-state index contributed by atoms with van der Waals surface area (Å²) in [6, 6.07) is 1.55. The number of rotatable bonds is 0. The van der Waals surface area contributed by atoms with Crippen LogP contribution in [0.2, 0.25) is 0 Å². The number of nitrogens with zero attached hydrogens (tertiary/aromatic N) is 2. The predicted octanol–water partition coefficient (Wildman–Crippen LogP) is 3.06. The lowest BCUT2D eigenvalue weighted by molar-refractivity contribution is 0.614. The van der Waals surface area contributed by atoms with Gasteiger partial charge < -0.3 is 0 Å². The fourth-order valence-electron chi connectivity index (χ4n) is 2.58. The summed E-state index contributed by atoms with van der Waals surface area (Å²) in [7, 11) is 1.87. The van der Waals surface area contributed by atoms with Crippen LogP contribution in [0.5, 0.6) is 0 Å². The maximum absolute atomic E-state index is 13.9. The Balaban J connectivity index is 2.46. The van der Waals surface area contributed by atoms with E-state index in [2.05, 4.69) is 11.2 Å². The van der Waals surface area contributed by atoms with Crippen molar-refractivity contribution in [3.63, 3.8) is 0 Å². The first-order valence-electron chi connectivity index (χ1n) is 5.51. The topological polar surface area (TPSA) is 17.8 Å². The number of aromatic nitrogens is 2. The minimum Gasteiger partial charge on any atom is -0.275 e. The number of fused-ring (bicyclic) bond motifs is 3. The van der Waals surface area contributed by atoms with E-state index in [9.17, 15) is 4.39 Å². The monoisotopic (exact) mass is 216 g/mol. The van der Waals surface area contributed by atoms with E-state index >= 15 is 0 Å². The predicted molar refractivity (Wildman–Crippen MR) is 62.6 cm³/mol. The Labute approximate surface area is 93.4 Å². The molecule has 1 aliphatic rings. The van der Waals surface area contributed by atoms with Gasteiger partial charge in [0.2, 0.25) is 0 Å². The summed E-state index contributed by atoms with van der Waals surface area (Å²) in [6.45, 7) is 2.01. The number of benzene rings is 1. The highest BCUT2D eigenvalue weighted by Crippen LogP contribution is 2.38. The molecule has 0 amide bonds. The van der Waals surface area contributed by atoms with E-state index in [1.165, 1.54) is 5.57 Å². The van der Waals surface area contributed by atoms with Crippen LogP contribution in [-0.4, -0.2) is 9.78 Å². The van der Waals surface area contributed by atoms with Crippen LogP contribution >= 0.6 is 0 Å². The summed E-state index contributed by atoms with van der Waals surface area (Å²) in [4.78, 5) is 0. The molecule has 16 heavy (non-hydrogen) atoms. The van der Waals surface area contributed by atoms with Crippen LogP contribution in [0.15, 0.2) is 18.3 Å². The summed E-state index contributed by atoms with van der Waals surface area (Å²) in [5.41, 5.74) is 3.92. The van der Waals surface area contributed by atoms with Crippen LogP contribution in [-0.2, 0) is 13.5 Å². The summed E-state index contributed by atoms with van der Waals surface area (Å²) < 4.78 is 15.6. The van der Waals surface area contributed by atoms with Crippen LogP contribution in [0.25, 0.3) is 16.5 Å². The number of allylic oxidation sites excluding steroid dienone is 2. The second kappa shape index (κ2) is 3.17. The molecule has 3 heteroatoms. The molecule has 0 fully saturated rings. The van der Waals surface area contributed by atoms with Gasteiger partial charge in [-0.2, -0.15) is 5.10 Å². The first-order chi connectivity index (χ1) is 7.70. The molecule has 2 aromatic rings. The van der Waals surface area contributed by atoms with Crippen LogP contribution in [0.1, 0.15) is 24.5 Å².